The summed E-state index contributed by atoms with van der Waals surface area (Å²) < 4.78 is 6.38. The van der Waals surface area contributed by atoms with Gasteiger partial charge in [0.1, 0.15) is 12.2 Å². The summed E-state index contributed by atoms with van der Waals surface area (Å²) in [5.41, 5.74) is 5.64. The molecule has 120 valence electrons. The van der Waals surface area contributed by atoms with Gasteiger partial charge >= 0.3 is 0 Å². The summed E-state index contributed by atoms with van der Waals surface area (Å²) in [7, 11) is -2.74. The van der Waals surface area contributed by atoms with Crippen molar-refractivity contribution < 1.29 is 4.74 Å². The monoisotopic (exact) mass is 338 g/mol. The van der Waals surface area contributed by atoms with Crippen LogP contribution in [0.5, 0.6) is 0 Å². The van der Waals surface area contributed by atoms with Crippen LogP contribution in [0, 0.1) is 0 Å². The molecule has 23 heavy (non-hydrogen) atoms. The van der Waals surface area contributed by atoms with E-state index in [9.17, 15) is 0 Å². The predicted molar refractivity (Wildman–Crippen MR) is 104 cm³/mol. The predicted octanol–water partition coefficient (Wildman–Crippen LogP) is 4.30. The maximum atomic E-state index is 6.38. The lowest BCUT2D eigenvalue weighted by Crippen LogP contribution is -2.56. The molecule has 1 nitrogen and oxygen atoms in total. The summed E-state index contributed by atoms with van der Waals surface area (Å²) >= 11 is 0. The minimum absolute atomic E-state index is 0.164. The van der Waals surface area contributed by atoms with E-state index in [0.717, 1.165) is 0 Å². The molecule has 0 fully saturated rings. The van der Waals surface area contributed by atoms with Gasteiger partial charge < -0.3 is 4.74 Å². The molecule has 0 saturated heterocycles. The van der Waals surface area contributed by atoms with Crippen molar-refractivity contribution in [3.8, 4) is 0 Å². The highest BCUT2D eigenvalue weighted by Crippen LogP contribution is 2.53. The van der Waals surface area contributed by atoms with Gasteiger partial charge in [0.2, 0.25) is 0 Å². The third-order valence-electron chi connectivity index (χ3n) is 5.24. The largest absolute Gasteiger partial charge is 0.356 e. The van der Waals surface area contributed by atoms with Crippen molar-refractivity contribution in [1.82, 2.24) is 0 Å². The molecule has 0 saturated carbocycles. The summed E-state index contributed by atoms with van der Waals surface area (Å²) in [4.78, 5) is 0. The second-order valence-corrected chi connectivity index (χ2v) is 19.1. The molecule has 0 aromatic heterocycles. The lowest BCUT2D eigenvalue weighted by atomic mass is 9.86. The first-order chi connectivity index (χ1) is 10.7. The van der Waals surface area contributed by atoms with Crippen molar-refractivity contribution in [2.75, 3.05) is 0 Å². The van der Waals surface area contributed by atoms with Crippen LogP contribution >= 0.6 is 0 Å². The van der Waals surface area contributed by atoms with Gasteiger partial charge in [-0.05, 0) is 22.3 Å². The number of benzene rings is 2. The maximum absolute atomic E-state index is 6.38. The fourth-order valence-corrected chi connectivity index (χ4v) is 9.27. The van der Waals surface area contributed by atoms with Crippen LogP contribution in [0.4, 0.5) is 0 Å². The molecule has 0 N–H and O–H groups in total. The third kappa shape index (κ3) is 2.21. The second-order valence-electron chi connectivity index (χ2n) is 9.05. The summed E-state index contributed by atoms with van der Waals surface area (Å²) in [6.45, 7) is 14.8. The van der Waals surface area contributed by atoms with E-state index in [4.69, 9.17) is 4.74 Å². The summed E-state index contributed by atoms with van der Waals surface area (Å²) in [5.74, 6) is 0. The Hall–Kier alpha value is -1.17. The summed E-state index contributed by atoms with van der Waals surface area (Å²) in [6.07, 6.45) is 0.328. The minimum Gasteiger partial charge on any atom is -0.356 e. The third-order valence-corrected chi connectivity index (χ3v) is 9.55. The normalized spacial score (nSPS) is 22.2. The van der Waals surface area contributed by atoms with Gasteiger partial charge in [-0.15, -0.1) is 0 Å². The standard InChI is InChI=1S/C20H26OSi2/c1-22(2,3)17-11-15-16(12-18(17)23(4,5)6)20-14-10-8-7-9-13(14)19(15)21-20/h7-12,19-20H,1-6H3. The zero-order valence-corrected chi connectivity index (χ0v) is 17.0. The second kappa shape index (κ2) is 4.68. The zero-order chi connectivity index (χ0) is 16.6. The molecule has 0 radical (unpaired) electrons. The number of hydrogen-bond acceptors (Lipinski definition) is 1. The van der Waals surface area contributed by atoms with Crippen LogP contribution in [0.3, 0.4) is 0 Å². The SMILES string of the molecule is C[Si](C)(C)c1cc2c(cc1[Si](C)(C)C)C1OC2c2ccccc21. The molecule has 2 aliphatic heterocycles. The minimum atomic E-state index is -1.37. The number of hydrogen-bond donors (Lipinski definition) is 0. The summed E-state index contributed by atoms with van der Waals surface area (Å²) in [5, 5.41) is 3.31. The first-order valence-corrected chi connectivity index (χ1v) is 15.6. The zero-order valence-electron chi connectivity index (χ0n) is 15.0. The fourth-order valence-electron chi connectivity index (χ4n) is 4.08. The highest BCUT2D eigenvalue weighted by atomic mass is 28.3. The Labute approximate surface area is 141 Å². The van der Waals surface area contributed by atoms with E-state index in [-0.39, 0.29) is 12.2 Å². The first-order valence-electron chi connectivity index (χ1n) is 8.61. The Morgan fingerprint density at radius 3 is 1.39 bits per heavy atom. The van der Waals surface area contributed by atoms with Crippen molar-refractivity contribution >= 4 is 26.5 Å². The summed E-state index contributed by atoms with van der Waals surface area (Å²) in [6, 6.07) is 13.8. The Balaban J connectivity index is 1.95. The smallest absolute Gasteiger partial charge is 0.110 e. The van der Waals surface area contributed by atoms with E-state index in [1.165, 1.54) is 22.3 Å². The molecular formula is C20H26OSi2. The van der Waals surface area contributed by atoms with Crippen LogP contribution in [-0.4, -0.2) is 16.1 Å². The topological polar surface area (TPSA) is 9.23 Å². The molecule has 2 bridgehead atoms. The van der Waals surface area contributed by atoms with Gasteiger partial charge in [0.15, 0.2) is 0 Å². The highest BCUT2D eigenvalue weighted by molar-refractivity contribution is 6.98. The van der Waals surface area contributed by atoms with E-state index < -0.39 is 16.1 Å². The number of rotatable bonds is 2. The van der Waals surface area contributed by atoms with Crippen molar-refractivity contribution in [3.63, 3.8) is 0 Å². The van der Waals surface area contributed by atoms with Gasteiger partial charge in [-0.3, -0.25) is 0 Å². The van der Waals surface area contributed by atoms with Crippen LogP contribution in [0.15, 0.2) is 36.4 Å². The maximum Gasteiger partial charge on any atom is 0.110 e. The first kappa shape index (κ1) is 15.4. The average Bonchev–Trinajstić information content (AvgIpc) is 3.01. The Morgan fingerprint density at radius 2 is 1.04 bits per heavy atom. The van der Waals surface area contributed by atoms with Crippen molar-refractivity contribution in [2.45, 2.75) is 51.5 Å². The molecule has 2 aromatic rings. The Bertz CT molecular complexity index is 730. The Kier molecular flexibility index (Phi) is 3.13. The van der Waals surface area contributed by atoms with Crippen LogP contribution in [0.25, 0.3) is 0 Å². The van der Waals surface area contributed by atoms with Crippen LogP contribution in [0.1, 0.15) is 34.5 Å². The van der Waals surface area contributed by atoms with Crippen molar-refractivity contribution in [2.24, 2.45) is 0 Å². The van der Waals surface area contributed by atoms with Gasteiger partial charge in [-0.1, -0.05) is 86.1 Å². The van der Waals surface area contributed by atoms with E-state index in [1.54, 1.807) is 10.4 Å². The molecule has 4 rings (SSSR count). The number of ether oxygens (including phenoxy) is 1. The molecule has 0 aliphatic carbocycles. The van der Waals surface area contributed by atoms with Crippen LogP contribution in [0.2, 0.25) is 39.3 Å². The van der Waals surface area contributed by atoms with Gasteiger partial charge in [-0.25, -0.2) is 0 Å². The lowest BCUT2D eigenvalue weighted by molar-refractivity contribution is 0.0858. The molecule has 0 amide bonds. The van der Waals surface area contributed by atoms with Crippen LogP contribution < -0.4 is 10.4 Å². The van der Waals surface area contributed by atoms with Crippen LogP contribution in [-0.2, 0) is 4.74 Å². The van der Waals surface area contributed by atoms with Gasteiger partial charge in [0.25, 0.3) is 0 Å². The van der Waals surface area contributed by atoms with Crippen molar-refractivity contribution in [3.05, 3.63) is 58.7 Å². The highest BCUT2D eigenvalue weighted by Gasteiger charge is 2.44. The van der Waals surface area contributed by atoms with E-state index in [0.29, 0.717) is 0 Å². The van der Waals surface area contributed by atoms with E-state index >= 15 is 0 Å². The molecular weight excluding hydrogens is 312 g/mol. The van der Waals surface area contributed by atoms with Gasteiger partial charge in [0.05, 0.1) is 16.1 Å². The molecule has 2 aliphatic rings. The van der Waals surface area contributed by atoms with Gasteiger partial charge in [-0.2, -0.15) is 0 Å². The average molecular weight is 339 g/mol. The molecule has 0 spiro atoms. The number of fused-ring (bicyclic) bond motifs is 8. The van der Waals surface area contributed by atoms with Gasteiger partial charge in [0, 0.05) is 0 Å². The molecule has 2 atom stereocenters. The lowest BCUT2D eigenvalue weighted by Gasteiger charge is -2.30. The molecule has 2 unspecified atom stereocenters. The quantitative estimate of drug-likeness (QED) is 0.742. The molecule has 2 heterocycles. The van der Waals surface area contributed by atoms with E-state index in [2.05, 4.69) is 75.7 Å². The Morgan fingerprint density at radius 1 is 0.652 bits per heavy atom. The fraction of sp³-hybridized carbons (Fsp3) is 0.400. The molecule has 3 heteroatoms. The van der Waals surface area contributed by atoms with Crippen molar-refractivity contribution in [1.29, 1.82) is 0 Å². The molecule has 2 aromatic carbocycles. The van der Waals surface area contributed by atoms with E-state index in [1.807, 2.05) is 0 Å².